The number of hydrogen-bond donors (Lipinski definition) is 0. The van der Waals surface area contributed by atoms with E-state index in [-0.39, 0.29) is 5.97 Å². The predicted octanol–water partition coefficient (Wildman–Crippen LogP) is 6.20. The highest BCUT2D eigenvalue weighted by Crippen LogP contribution is 2.42. The number of hydrogen-bond acceptors (Lipinski definition) is 7. The molecule has 2 aliphatic rings. The molecule has 0 amide bonds. The molecule has 0 bridgehead atoms. The molecule has 0 spiro atoms. The van der Waals surface area contributed by atoms with Crippen molar-refractivity contribution in [1.29, 1.82) is 0 Å². The summed E-state index contributed by atoms with van der Waals surface area (Å²) in [5.74, 6) is -0.359. The van der Waals surface area contributed by atoms with Crippen LogP contribution in [0.3, 0.4) is 0 Å². The van der Waals surface area contributed by atoms with E-state index < -0.39 is 42.2 Å². The maximum absolute atomic E-state index is 12.1. The van der Waals surface area contributed by atoms with Crippen LogP contribution in [0, 0.1) is 0 Å². The van der Waals surface area contributed by atoms with Crippen LogP contribution in [0.5, 0.6) is 0 Å². The number of rotatable bonds is 13. The van der Waals surface area contributed by atoms with Crippen molar-refractivity contribution in [3.8, 4) is 0 Å². The summed E-state index contributed by atoms with van der Waals surface area (Å²) in [7, 11) is 0. The molecule has 0 aliphatic carbocycles. The molecule has 43 heavy (non-hydrogen) atoms. The summed E-state index contributed by atoms with van der Waals surface area (Å²) in [6, 6.07) is 30.2. The first-order chi connectivity index (χ1) is 20.9. The van der Waals surface area contributed by atoms with Crippen LogP contribution in [0.4, 0.5) is 0 Å². The molecule has 0 radical (unpaired) electrons. The summed E-state index contributed by atoms with van der Waals surface area (Å²) in [4.78, 5) is 12.1. The molecular weight excluding hydrogens is 544 g/mol. The number of ether oxygens (including phenoxy) is 6. The van der Waals surface area contributed by atoms with Crippen molar-refractivity contribution < 1.29 is 33.2 Å². The summed E-state index contributed by atoms with van der Waals surface area (Å²) in [5.41, 5.74) is 2.37. The molecule has 3 aromatic carbocycles. The molecule has 7 atom stereocenters. The Morgan fingerprint density at radius 3 is 1.93 bits per heavy atom. The van der Waals surface area contributed by atoms with Crippen molar-refractivity contribution in [3.05, 3.63) is 120 Å². The second kappa shape index (κ2) is 14.9. The molecule has 228 valence electrons. The standard InChI is InChI=1S/C36H42O7/c1-4-20-36(3)32(41-26(2)37)21-30-34(43-36)35(40-24-29-18-12-7-13-19-29)33(39-23-28-16-10-6-11-17-28)31(42-30)25-38-22-27-14-8-5-9-15-27/h4-19,30-35H,1,20-25H2,2-3H3/t30-,31+,32-,33+,34-,35-,36+/m0/s1. The minimum Gasteiger partial charge on any atom is -0.459 e. The molecule has 0 N–H and O–H groups in total. The Balaban J connectivity index is 1.43. The smallest absolute Gasteiger partial charge is 0.303 e. The quantitative estimate of drug-likeness (QED) is 0.175. The summed E-state index contributed by atoms with van der Waals surface area (Å²) >= 11 is 0. The lowest BCUT2D eigenvalue weighted by Crippen LogP contribution is -2.67. The van der Waals surface area contributed by atoms with Crippen LogP contribution in [-0.4, -0.2) is 54.8 Å². The molecule has 2 saturated heterocycles. The van der Waals surface area contributed by atoms with Crippen LogP contribution in [0.2, 0.25) is 0 Å². The minimum atomic E-state index is -0.799. The van der Waals surface area contributed by atoms with Crippen LogP contribution < -0.4 is 0 Å². The molecule has 2 aliphatic heterocycles. The summed E-state index contributed by atoms with van der Waals surface area (Å²) in [6.07, 6.45) is -0.0269. The highest BCUT2D eigenvalue weighted by molar-refractivity contribution is 5.66. The highest BCUT2D eigenvalue weighted by Gasteiger charge is 2.56. The maximum Gasteiger partial charge on any atom is 0.303 e. The fraction of sp³-hybridized carbons (Fsp3) is 0.417. The van der Waals surface area contributed by atoms with Crippen molar-refractivity contribution >= 4 is 5.97 Å². The minimum absolute atomic E-state index is 0.297. The van der Waals surface area contributed by atoms with Crippen LogP contribution in [-0.2, 0) is 53.0 Å². The van der Waals surface area contributed by atoms with E-state index in [1.807, 2.05) is 97.9 Å². The van der Waals surface area contributed by atoms with E-state index in [0.717, 1.165) is 16.7 Å². The topological polar surface area (TPSA) is 72.5 Å². The van der Waals surface area contributed by atoms with Gasteiger partial charge in [0.2, 0.25) is 0 Å². The van der Waals surface area contributed by atoms with Crippen molar-refractivity contribution in [2.75, 3.05) is 6.61 Å². The molecule has 5 rings (SSSR count). The third-order valence-corrected chi connectivity index (χ3v) is 8.08. The zero-order valence-corrected chi connectivity index (χ0v) is 25.0. The third kappa shape index (κ3) is 8.19. The zero-order valence-electron chi connectivity index (χ0n) is 25.0. The third-order valence-electron chi connectivity index (χ3n) is 8.08. The summed E-state index contributed by atoms with van der Waals surface area (Å²) in [6.45, 7) is 8.82. The van der Waals surface area contributed by atoms with Crippen molar-refractivity contribution in [2.24, 2.45) is 0 Å². The van der Waals surface area contributed by atoms with E-state index >= 15 is 0 Å². The van der Waals surface area contributed by atoms with Gasteiger partial charge >= 0.3 is 5.97 Å². The summed E-state index contributed by atoms with van der Waals surface area (Å²) < 4.78 is 38.9. The number of carbonyl (C=O) groups excluding carboxylic acids is 1. The predicted molar refractivity (Wildman–Crippen MR) is 163 cm³/mol. The fourth-order valence-electron chi connectivity index (χ4n) is 5.93. The number of carbonyl (C=O) groups is 1. The Morgan fingerprint density at radius 1 is 0.860 bits per heavy atom. The highest BCUT2D eigenvalue weighted by atomic mass is 16.6. The number of benzene rings is 3. The van der Waals surface area contributed by atoms with E-state index in [9.17, 15) is 4.79 Å². The van der Waals surface area contributed by atoms with Gasteiger partial charge < -0.3 is 28.4 Å². The first kappa shape index (κ1) is 31.1. The lowest BCUT2D eigenvalue weighted by molar-refractivity contribution is -0.323. The average Bonchev–Trinajstić information content (AvgIpc) is 3.01. The lowest BCUT2D eigenvalue weighted by Gasteiger charge is -2.54. The van der Waals surface area contributed by atoms with Crippen LogP contribution in [0.15, 0.2) is 104 Å². The van der Waals surface area contributed by atoms with Gasteiger partial charge in [-0.15, -0.1) is 6.58 Å². The Bertz CT molecular complexity index is 1280. The van der Waals surface area contributed by atoms with Gasteiger partial charge in [-0.2, -0.15) is 0 Å². The van der Waals surface area contributed by atoms with Gasteiger partial charge in [0.1, 0.15) is 36.1 Å². The zero-order chi connectivity index (χ0) is 30.1. The van der Waals surface area contributed by atoms with E-state index in [1.54, 1.807) is 6.08 Å². The van der Waals surface area contributed by atoms with Crippen molar-refractivity contribution in [1.82, 2.24) is 0 Å². The summed E-state index contributed by atoms with van der Waals surface area (Å²) in [5, 5.41) is 0. The first-order valence-corrected chi connectivity index (χ1v) is 15.0. The molecule has 2 heterocycles. The average molecular weight is 587 g/mol. The van der Waals surface area contributed by atoms with Gasteiger partial charge in [0.15, 0.2) is 0 Å². The molecular formula is C36H42O7. The lowest BCUT2D eigenvalue weighted by atomic mass is 9.81. The van der Waals surface area contributed by atoms with E-state index in [0.29, 0.717) is 39.3 Å². The van der Waals surface area contributed by atoms with Gasteiger partial charge in [-0.3, -0.25) is 4.79 Å². The Morgan fingerprint density at radius 2 is 1.40 bits per heavy atom. The number of fused-ring (bicyclic) bond motifs is 1. The van der Waals surface area contributed by atoms with Crippen molar-refractivity contribution in [3.63, 3.8) is 0 Å². The monoisotopic (exact) mass is 586 g/mol. The SMILES string of the molecule is C=CC[C@@]1(C)O[C@@H]2[C@@H](OCc3ccccc3)[C@H](OCc3ccccc3)[C@@H](COCc3ccccc3)O[C@H]2C[C@@H]1OC(C)=O. The van der Waals surface area contributed by atoms with Crippen molar-refractivity contribution in [2.45, 2.75) is 88.7 Å². The Kier molecular flexibility index (Phi) is 10.8. The van der Waals surface area contributed by atoms with Gasteiger partial charge in [0.25, 0.3) is 0 Å². The normalized spacial score (nSPS) is 28.5. The Labute approximate surface area is 254 Å². The largest absolute Gasteiger partial charge is 0.459 e. The van der Waals surface area contributed by atoms with Crippen LogP contribution in [0.1, 0.15) is 43.4 Å². The van der Waals surface area contributed by atoms with E-state index in [1.165, 1.54) is 6.92 Å². The molecule has 0 saturated carbocycles. The van der Waals surface area contributed by atoms with Gasteiger partial charge in [0, 0.05) is 13.3 Å². The van der Waals surface area contributed by atoms with E-state index in [4.69, 9.17) is 28.4 Å². The maximum atomic E-state index is 12.1. The van der Waals surface area contributed by atoms with Gasteiger partial charge in [-0.05, 0) is 30.0 Å². The van der Waals surface area contributed by atoms with E-state index in [2.05, 4.69) is 6.58 Å². The molecule has 3 aromatic rings. The molecule has 0 aromatic heterocycles. The van der Waals surface area contributed by atoms with Gasteiger partial charge in [0.05, 0.1) is 32.5 Å². The molecule has 7 heteroatoms. The molecule has 0 unspecified atom stereocenters. The fourth-order valence-corrected chi connectivity index (χ4v) is 5.93. The van der Waals surface area contributed by atoms with Crippen LogP contribution >= 0.6 is 0 Å². The van der Waals surface area contributed by atoms with Gasteiger partial charge in [-0.1, -0.05) is 97.1 Å². The number of esters is 1. The second-order valence-corrected chi connectivity index (χ2v) is 11.5. The molecule has 2 fully saturated rings. The van der Waals surface area contributed by atoms with Gasteiger partial charge in [-0.25, -0.2) is 0 Å². The second-order valence-electron chi connectivity index (χ2n) is 11.5. The Hall–Kier alpha value is -3.33. The molecule has 7 nitrogen and oxygen atoms in total. The van der Waals surface area contributed by atoms with Crippen LogP contribution in [0.25, 0.3) is 0 Å². The first-order valence-electron chi connectivity index (χ1n) is 15.0.